The van der Waals surface area contributed by atoms with E-state index in [0.717, 1.165) is 129 Å². The molecule has 350 valence electrons. The average molecular weight is 836 g/mol. The predicted molar refractivity (Wildman–Crippen MR) is 251 cm³/mol. The zero-order chi connectivity index (χ0) is 43.7. The van der Waals surface area contributed by atoms with Crippen molar-refractivity contribution in [2.24, 2.45) is 11.8 Å². The minimum atomic E-state index is -0.452. The molecule has 59 heavy (non-hydrogen) atoms. The van der Waals surface area contributed by atoms with Crippen LogP contribution in [0.15, 0.2) is 0 Å². The van der Waals surface area contributed by atoms with Crippen molar-refractivity contribution in [2.75, 3.05) is 32.8 Å². The van der Waals surface area contributed by atoms with Gasteiger partial charge in [-0.2, -0.15) is 0 Å². The Hall–Kier alpha value is -1.63. The normalized spacial score (nSPS) is 12.8. The van der Waals surface area contributed by atoms with Gasteiger partial charge in [0.05, 0.1) is 25.0 Å². The van der Waals surface area contributed by atoms with E-state index in [1.54, 1.807) is 0 Å². The topological polar surface area (TPSA) is 82.1 Å². The summed E-state index contributed by atoms with van der Waals surface area (Å²) in [6.45, 7) is 18.7. The van der Waals surface area contributed by atoms with Crippen LogP contribution in [0.2, 0.25) is 0 Å². The molecule has 2 atom stereocenters. The van der Waals surface area contributed by atoms with Crippen molar-refractivity contribution in [3.63, 3.8) is 0 Å². The molecule has 7 heteroatoms. The third-order valence-corrected chi connectivity index (χ3v) is 11.8. The fraction of sp³-hybridized carbons (Fsp3) is 0.942. The first-order chi connectivity index (χ1) is 28.6. The van der Waals surface area contributed by atoms with E-state index >= 15 is 0 Å². The van der Waals surface area contributed by atoms with Crippen LogP contribution in [0.1, 0.15) is 267 Å². The summed E-state index contributed by atoms with van der Waals surface area (Å²) < 4.78 is 17.2. The molecular formula is C52H101NO6. The van der Waals surface area contributed by atoms with E-state index in [-0.39, 0.29) is 29.7 Å². The molecule has 0 aliphatic heterocycles. The van der Waals surface area contributed by atoms with Crippen molar-refractivity contribution >= 4 is 17.9 Å². The molecule has 0 rings (SSSR count). The van der Waals surface area contributed by atoms with Gasteiger partial charge in [-0.25, -0.2) is 0 Å². The lowest BCUT2D eigenvalue weighted by molar-refractivity contribution is -0.155. The summed E-state index contributed by atoms with van der Waals surface area (Å²) in [5.41, 5.74) is -0.452. The highest BCUT2D eigenvalue weighted by atomic mass is 16.6. The molecular weight excluding hydrogens is 735 g/mol. The zero-order valence-corrected chi connectivity index (χ0v) is 40.6. The van der Waals surface area contributed by atoms with Crippen LogP contribution in [-0.4, -0.2) is 61.3 Å². The molecule has 0 N–H and O–H groups in total. The number of esters is 3. The van der Waals surface area contributed by atoms with Crippen LogP contribution in [0, 0.1) is 11.8 Å². The summed E-state index contributed by atoms with van der Waals surface area (Å²) in [7, 11) is 0. The van der Waals surface area contributed by atoms with Crippen LogP contribution < -0.4 is 0 Å². The first-order valence-corrected chi connectivity index (χ1v) is 25.8. The number of carbonyl (C=O) groups is 3. The predicted octanol–water partition coefficient (Wildman–Crippen LogP) is 15.3. The molecule has 0 amide bonds. The van der Waals surface area contributed by atoms with Gasteiger partial charge in [0.25, 0.3) is 0 Å². The Kier molecular flexibility index (Phi) is 40.6. The first-order valence-electron chi connectivity index (χ1n) is 25.8. The van der Waals surface area contributed by atoms with Crippen LogP contribution in [-0.2, 0) is 28.6 Å². The molecule has 2 unspecified atom stereocenters. The molecule has 0 spiro atoms. The van der Waals surface area contributed by atoms with Crippen molar-refractivity contribution in [1.82, 2.24) is 4.90 Å². The second kappa shape index (κ2) is 41.7. The van der Waals surface area contributed by atoms with E-state index in [0.29, 0.717) is 19.6 Å². The van der Waals surface area contributed by atoms with Crippen molar-refractivity contribution in [3.05, 3.63) is 0 Å². The standard InChI is InChI=1S/C52H101NO6/c1-8-12-16-20-22-30-39-47(37-28-18-14-10-3)50(55)57-45-34-26-24-32-42-53(44-36-41-49(54)59-52(5,6)7)43-33-25-27-35-46-58-51(56)48(38-29-19-15-11-4)40-31-23-21-17-13-9-2/h47-48H,8-46H2,1-7H3. The van der Waals surface area contributed by atoms with E-state index in [1.165, 1.54) is 103 Å². The van der Waals surface area contributed by atoms with Crippen molar-refractivity contribution < 1.29 is 28.6 Å². The van der Waals surface area contributed by atoms with E-state index < -0.39 is 5.60 Å². The highest BCUT2D eigenvalue weighted by molar-refractivity contribution is 5.72. The molecule has 0 heterocycles. The Bertz CT molecular complexity index is 890. The number of carbonyl (C=O) groups excluding carboxylic acids is 3. The Morgan fingerprint density at radius 1 is 0.407 bits per heavy atom. The Labute approximate surface area is 367 Å². The Morgan fingerprint density at radius 2 is 0.712 bits per heavy atom. The lowest BCUT2D eigenvalue weighted by Crippen LogP contribution is -2.29. The average Bonchev–Trinajstić information content (AvgIpc) is 3.20. The minimum absolute atomic E-state index is 0.0369. The van der Waals surface area contributed by atoms with Gasteiger partial charge in [-0.15, -0.1) is 0 Å². The van der Waals surface area contributed by atoms with Crippen LogP contribution in [0.4, 0.5) is 0 Å². The molecule has 0 saturated carbocycles. The van der Waals surface area contributed by atoms with Gasteiger partial charge >= 0.3 is 17.9 Å². The van der Waals surface area contributed by atoms with Gasteiger partial charge in [0.2, 0.25) is 0 Å². The van der Waals surface area contributed by atoms with Gasteiger partial charge < -0.3 is 19.1 Å². The molecule has 0 aromatic heterocycles. The second-order valence-corrected chi connectivity index (χ2v) is 18.9. The number of ether oxygens (including phenoxy) is 3. The Balaban J connectivity index is 4.70. The summed E-state index contributed by atoms with van der Waals surface area (Å²) in [6.07, 6.45) is 38.3. The van der Waals surface area contributed by atoms with Gasteiger partial charge in [0.15, 0.2) is 0 Å². The summed E-state index contributed by atoms with van der Waals surface area (Å²) in [4.78, 5) is 41.0. The maximum absolute atomic E-state index is 13.1. The second-order valence-electron chi connectivity index (χ2n) is 18.9. The maximum Gasteiger partial charge on any atom is 0.308 e. The molecule has 0 aliphatic rings. The minimum Gasteiger partial charge on any atom is -0.465 e. The van der Waals surface area contributed by atoms with Gasteiger partial charge in [0, 0.05) is 6.42 Å². The largest absolute Gasteiger partial charge is 0.465 e. The van der Waals surface area contributed by atoms with E-state index in [9.17, 15) is 14.4 Å². The fourth-order valence-electron chi connectivity index (χ4n) is 8.08. The van der Waals surface area contributed by atoms with Gasteiger partial charge in [0.1, 0.15) is 5.60 Å². The van der Waals surface area contributed by atoms with Crippen molar-refractivity contribution in [1.29, 1.82) is 0 Å². The summed E-state index contributed by atoms with van der Waals surface area (Å²) in [6, 6.07) is 0. The number of unbranched alkanes of at least 4 members (excludes halogenated alkanes) is 22. The lowest BCUT2D eigenvalue weighted by Gasteiger charge is -2.23. The summed E-state index contributed by atoms with van der Waals surface area (Å²) in [5.74, 6) is 0.0931. The molecule has 0 aromatic rings. The molecule has 0 radical (unpaired) electrons. The third-order valence-electron chi connectivity index (χ3n) is 11.8. The number of hydrogen-bond donors (Lipinski definition) is 0. The lowest BCUT2D eigenvalue weighted by atomic mass is 9.94. The number of hydrogen-bond acceptors (Lipinski definition) is 7. The zero-order valence-electron chi connectivity index (χ0n) is 40.6. The molecule has 7 nitrogen and oxygen atoms in total. The van der Waals surface area contributed by atoms with Gasteiger partial charge in [-0.3, -0.25) is 14.4 Å². The molecule has 0 bridgehead atoms. The van der Waals surface area contributed by atoms with Crippen LogP contribution in [0.25, 0.3) is 0 Å². The van der Waals surface area contributed by atoms with E-state index in [2.05, 4.69) is 32.6 Å². The quantitative estimate of drug-likeness (QED) is 0.0343. The smallest absolute Gasteiger partial charge is 0.308 e. The maximum atomic E-state index is 13.1. The molecule has 0 aromatic carbocycles. The molecule has 0 aliphatic carbocycles. The number of rotatable bonds is 44. The summed E-state index contributed by atoms with van der Waals surface area (Å²) >= 11 is 0. The van der Waals surface area contributed by atoms with Crippen LogP contribution in [0.3, 0.4) is 0 Å². The van der Waals surface area contributed by atoms with Crippen LogP contribution >= 0.6 is 0 Å². The SMILES string of the molecule is CCCCCCCCC(CCCCCC)C(=O)OCCCCCCN(CCCCCCOC(=O)C(CCCCCC)CCCCCCCC)CCCC(=O)OC(C)(C)C. The van der Waals surface area contributed by atoms with Gasteiger partial charge in [-0.1, -0.05) is 182 Å². The highest BCUT2D eigenvalue weighted by Gasteiger charge is 2.21. The van der Waals surface area contributed by atoms with Gasteiger partial charge in [-0.05, 0) is 98.2 Å². The van der Waals surface area contributed by atoms with Crippen LogP contribution in [0.5, 0.6) is 0 Å². The van der Waals surface area contributed by atoms with E-state index in [1.807, 2.05) is 20.8 Å². The molecule has 0 saturated heterocycles. The summed E-state index contributed by atoms with van der Waals surface area (Å²) in [5, 5.41) is 0. The first kappa shape index (κ1) is 57.4. The Morgan fingerprint density at radius 3 is 1.08 bits per heavy atom. The van der Waals surface area contributed by atoms with E-state index in [4.69, 9.17) is 14.2 Å². The fourth-order valence-corrected chi connectivity index (χ4v) is 8.08. The van der Waals surface area contributed by atoms with Crippen molar-refractivity contribution in [3.8, 4) is 0 Å². The number of nitrogens with zero attached hydrogens (tertiary/aromatic N) is 1. The third kappa shape index (κ3) is 39.0. The monoisotopic (exact) mass is 836 g/mol. The molecule has 0 fully saturated rings. The highest BCUT2D eigenvalue weighted by Crippen LogP contribution is 2.22. The van der Waals surface area contributed by atoms with Crippen molar-refractivity contribution in [2.45, 2.75) is 272 Å².